The molecule has 1 N–H and O–H groups in total. The minimum atomic E-state index is -0.0580. The molecule has 0 atom stereocenters. The number of aromatic nitrogens is 3. The third kappa shape index (κ3) is 4.62. The molecule has 0 aromatic carbocycles. The van der Waals surface area contributed by atoms with Crippen LogP contribution in [0.25, 0.3) is 0 Å². The number of hydrogen-bond acceptors (Lipinski definition) is 4. The number of pyridine rings is 1. The first-order valence-corrected chi connectivity index (χ1v) is 9.65. The molecule has 2 aromatic rings. The fourth-order valence-electron chi connectivity index (χ4n) is 3.39. The lowest BCUT2D eigenvalue weighted by Crippen LogP contribution is -2.30. The van der Waals surface area contributed by atoms with Gasteiger partial charge in [-0.3, -0.25) is 4.79 Å². The van der Waals surface area contributed by atoms with E-state index in [0.29, 0.717) is 18.0 Å². The highest BCUT2D eigenvalue weighted by molar-refractivity contribution is 5.94. The van der Waals surface area contributed by atoms with Crippen molar-refractivity contribution in [2.75, 3.05) is 24.5 Å². The van der Waals surface area contributed by atoms with Gasteiger partial charge in [0.2, 0.25) is 0 Å². The number of nitrogens with one attached hydrogen (secondary N) is 1. The zero-order chi connectivity index (χ0) is 18.4. The molecular formula is C20H29N5O. The maximum Gasteiger partial charge on any atom is 0.252 e. The van der Waals surface area contributed by atoms with Crippen molar-refractivity contribution < 1.29 is 4.79 Å². The van der Waals surface area contributed by atoms with Gasteiger partial charge < -0.3 is 14.8 Å². The highest BCUT2D eigenvalue weighted by atomic mass is 16.1. The number of carbonyl (C=O) groups is 1. The van der Waals surface area contributed by atoms with Crippen molar-refractivity contribution >= 4 is 11.7 Å². The van der Waals surface area contributed by atoms with Crippen LogP contribution in [-0.4, -0.2) is 40.1 Å². The van der Waals surface area contributed by atoms with Gasteiger partial charge in [0.05, 0.1) is 5.56 Å². The van der Waals surface area contributed by atoms with E-state index in [1.165, 1.54) is 19.3 Å². The molecule has 2 aromatic heterocycles. The van der Waals surface area contributed by atoms with Gasteiger partial charge in [-0.15, -0.1) is 0 Å². The summed E-state index contributed by atoms with van der Waals surface area (Å²) in [7, 11) is 0. The topological polar surface area (TPSA) is 63.1 Å². The molecule has 3 heterocycles. The smallest absolute Gasteiger partial charge is 0.252 e. The number of carbonyl (C=O) groups excluding carboxylic acids is 1. The Balaban J connectivity index is 1.45. The molecular weight excluding hydrogens is 326 g/mol. The molecule has 0 radical (unpaired) electrons. The van der Waals surface area contributed by atoms with Crippen LogP contribution in [0.5, 0.6) is 0 Å². The van der Waals surface area contributed by atoms with E-state index in [2.05, 4.69) is 38.6 Å². The fraction of sp³-hybridized carbons (Fsp3) is 0.550. The molecule has 0 unspecified atom stereocenters. The molecule has 1 aliphatic heterocycles. The summed E-state index contributed by atoms with van der Waals surface area (Å²) in [6.45, 7) is 7.90. The number of piperidine rings is 1. The van der Waals surface area contributed by atoms with Gasteiger partial charge in [-0.25, -0.2) is 9.97 Å². The number of anilines is 1. The standard InChI is InChI=1S/C20H29N5O/c1-16(2)19-21-10-14-25(19)13-6-9-22-20(26)17-7-8-18(23-15-17)24-11-4-3-5-12-24/h7-8,10,14-16H,3-6,9,11-13H2,1-2H3,(H,22,26). The molecule has 6 nitrogen and oxygen atoms in total. The summed E-state index contributed by atoms with van der Waals surface area (Å²) in [6, 6.07) is 3.83. The number of nitrogens with zero attached hydrogens (tertiary/aromatic N) is 4. The van der Waals surface area contributed by atoms with Crippen LogP contribution in [0.4, 0.5) is 5.82 Å². The van der Waals surface area contributed by atoms with Gasteiger partial charge in [0, 0.05) is 50.7 Å². The van der Waals surface area contributed by atoms with Crippen molar-refractivity contribution in [2.24, 2.45) is 0 Å². The fourth-order valence-corrected chi connectivity index (χ4v) is 3.39. The van der Waals surface area contributed by atoms with Crippen LogP contribution in [0, 0.1) is 0 Å². The van der Waals surface area contributed by atoms with E-state index in [1.807, 2.05) is 24.5 Å². The summed E-state index contributed by atoms with van der Waals surface area (Å²) in [4.78, 5) is 23.4. The molecule has 1 aliphatic rings. The van der Waals surface area contributed by atoms with E-state index in [0.717, 1.165) is 37.7 Å². The molecule has 0 aliphatic carbocycles. The summed E-state index contributed by atoms with van der Waals surface area (Å²) in [5.74, 6) is 2.41. The molecule has 1 fully saturated rings. The largest absolute Gasteiger partial charge is 0.357 e. The molecule has 1 saturated heterocycles. The summed E-state index contributed by atoms with van der Waals surface area (Å²) in [6.07, 6.45) is 10.1. The highest BCUT2D eigenvalue weighted by Crippen LogP contribution is 2.17. The molecule has 3 rings (SSSR count). The zero-order valence-electron chi connectivity index (χ0n) is 15.8. The normalized spacial score (nSPS) is 14.7. The predicted octanol–water partition coefficient (Wildman–Crippen LogP) is 3.21. The first-order valence-electron chi connectivity index (χ1n) is 9.65. The van der Waals surface area contributed by atoms with E-state index in [4.69, 9.17) is 0 Å². The van der Waals surface area contributed by atoms with Crippen LogP contribution in [0.2, 0.25) is 0 Å². The predicted molar refractivity (Wildman–Crippen MR) is 104 cm³/mol. The van der Waals surface area contributed by atoms with E-state index in [9.17, 15) is 4.79 Å². The van der Waals surface area contributed by atoms with Crippen LogP contribution < -0.4 is 10.2 Å². The molecule has 0 spiro atoms. The van der Waals surface area contributed by atoms with Gasteiger partial charge >= 0.3 is 0 Å². The van der Waals surface area contributed by atoms with Gasteiger partial charge in [-0.05, 0) is 37.8 Å². The third-order valence-electron chi connectivity index (χ3n) is 4.82. The van der Waals surface area contributed by atoms with Crippen molar-refractivity contribution in [1.82, 2.24) is 19.9 Å². The lowest BCUT2D eigenvalue weighted by molar-refractivity contribution is 0.0952. The summed E-state index contributed by atoms with van der Waals surface area (Å²) in [5.41, 5.74) is 0.622. The molecule has 140 valence electrons. The Morgan fingerprint density at radius 3 is 2.69 bits per heavy atom. The van der Waals surface area contributed by atoms with Gasteiger partial charge in [-0.2, -0.15) is 0 Å². The second-order valence-corrected chi connectivity index (χ2v) is 7.20. The number of imidazole rings is 1. The molecule has 26 heavy (non-hydrogen) atoms. The SMILES string of the molecule is CC(C)c1nccn1CCCNC(=O)c1ccc(N2CCCCC2)nc1. The van der Waals surface area contributed by atoms with Gasteiger partial charge in [0.25, 0.3) is 5.91 Å². The molecule has 1 amide bonds. The maximum absolute atomic E-state index is 12.3. The van der Waals surface area contributed by atoms with Crippen LogP contribution in [-0.2, 0) is 6.54 Å². The van der Waals surface area contributed by atoms with Crippen molar-refractivity contribution in [3.05, 3.63) is 42.1 Å². The summed E-state index contributed by atoms with van der Waals surface area (Å²) < 4.78 is 2.16. The number of amides is 1. The van der Waals surface area contributed by atoms with Gasteiger partial charge in [-0.1, -0.05) is 13.8 Å². The van der Waals surface area contributed by atoms with Crippen LogP contribution in [0.15, 0.2) is 30.7 Å². The van der Waals surface area contributed by atoms with Crippen molar-refractivity contribution in [2.45, 2.75) is 52.0 Å². The second-order valence-electron chi connectivity index (χ2n) is 7.20. The lowest BCUT2D eigenvalue weighted by Gasteiger charge is -2.27. The Labute approximate surface area is 155 Å². The van der Waals surface area contributed by atoms with E-state index >= 15 is 0 Å². The Bertz CT molecular complexity index is 701. The van der Waals surface area contributed by atoms with Crippen LogP contribution >= 0.6 is 0 Å². The lowest BCUT2D eigenvalue weighted by atomic mass is 10.1. The zero-order valence-corrected chi connectivity index (χ0v) is 15.8. The first kappa shape index (κ1) is 18.4. The number of rotatable bonds is 7. The minimum Gasteiger partial charge on any atom is -0.357 e. The molecule has 0 bridgehead atoms. The number of hydrogen-bond donors (Lipinski definition) is 1. The maximum atomic E-state index is 12.3. The average molecular weight is 355 g/mol. The van der Waals surface area contributed by atoms with Gasteiger partial charge in [0.1, 0.15) is 11.6 Å². The summed E-state index contributed by atoms with van der Waals surface area (Å²) in [5, 5.41) is 2.98. The van der Waals surface area contributed by atoms with Crippen LogP contribution in [0.1, 0.15) is 61.6 Å². The average Bonchev–Trinajstić information content (AvgIpc) is 3.15. The highest BCUT2D eigenvalue weighted by Gasteiger charge is 2.13. The molecule has 6 heteroatoms. The summed E-state index contributed by atoms with van der Waals surface area (Å²) >= 11 is 0. The Morgan fingerprint density at radius 2 is 2.00 bits per heavy atom. The van der Waals surface area contributed by atoms with Crippen molar-refractivity contribution in [3.63, 3.8) is 0 Å². The molecule has 0 saturated carbocycles. The first-order chi connectivity index (χ1) is 12.6. The Hall–Kier alpha value is -2.37. The monoisotopic (exact) mass is 355 g/mol. The van der Waals surface area contributed by atoms with Crippen molar-refractivity contribution in [1.29, 1.82) is 0 Å². The van der Waals surface area contributed by atoms with Crippen LogP contribution in [0.3, 0.4) is 0 Å². The Kier molecular flexibility index (Phi) is 6.26. The Morgan fingerprint density at radius 1 is 1.19 bits per heavy atom. The quantitative estimate of drug-likeness (QED) is 0.775. The second kappa shape index (κ2) is 8.83. The minimum absolute atomic E-state index is 0.0580. The van der Waals surface area contributed by atoms with E-state index < -0.39 is 0 Å². The van der Waals surface area contributed by atoms with E-state index in [-0.39, 0.29) is 5.91 Å². The third-order valence-corrected chi connectivity index (χ3v) is 4.82. The van der Waals surface area contributed by atoms with Gasteiger partial charge in [0.15, 0.2) is 0 Å². The van der Waals surface area contributed by atoms with E-state index in [1.54, 1.807) is 6.20 Å². The number of aryl methyl sites for hydroxylation is 1. The van der Waals surface area contributed by atoms with Crippen molar-refractivity contribution in [3.8, 4) is 0 Å².